The molecule has 0 aliphatic heterocycles. The first kappa shape index (κ1) is 10.8. The van der Waals surface area contributed by atoms with E-state index in [2.05, 4.69) is 48.4 Å². The van der Waals surface area contributed by atoms with Gasteiger partial charge in [-0.25, -0.2) is 0 Å². The molecular weight excluding hydrogens is 208 g/mol. The Labute approximate surface area is 102 Å². The number of aromatic nitrogens is 1. The van der Waals surface area contributed by atoms with Crippen molar-refractivity contribution in [2.75, 3.05) is 0 Å². The lowest BCUT2D eigenvalue weighted by atomic mass is 9.98. The van der Waals surface area contributed by atoms with E-state index >= 15 is 0 Å². The summed E-state index contributed by atoms with van der Waals surface area (Å²) >= 11 is 0. The Bertz CT molecular complexity index is 520. The third-order valence-corrected chi connectivity index (χ3v) is 3.97. The van der Waals surface area contributed by atoms with Crippen LogP contribution in [-0.4, -0.2) is 10.5 Å². The first-order chi connectivity index (χ1) is 8.15. The van der Waals surface area contributed by atoms with Gasteiger partial charge >= 0.3 is 0 Å². The number of H-pyrrole nitrogens is 1. The topological polar surface area (TPSA) is 27.8 Å². The minimum absolute atomic E-state index is 0.282. The van der Waals surface area contributed by atoms with Crippen molar-refractivity contribution in [1.29, 1.82) is 0 Å². The smallest absolute Gasteiger partial charge is 0.0457 e. The SMILES string of the molecule is CC(C)(NCc1ccc2cc[nH]c2c1)C1CC1. The number of fused-ring (bicyclic) bond motifs is 1. The lowest BCUT2D eigenvalue weighted by Gasteiger charge is -2.26. The van der Waals surface area contributed by atoms with Crippen LogP contribution in [0.4, 0.5) is 0 Å². The van der Waals surface area contributed by atoms with Gasteiger partial charge in [0, 0.05) is 23.8 Å². The van der Waals surface area contributed by atoms with Gasteiger partial charge in [0.05, 0.1) is 0 Å². The molecule has 2 N–H and O–H groups in total. The van der Waals surface area contributed by atoms with Gasteiger partial charge in [0.1, 0.15) is 0 Å². The summed E-state index contributed by atoms with van der Waals surface area (Å²) in [6.45, 7) is 5.59. The Balaban J connectivity index is 1.71. The van der Waals surface area contributed by atoms with E-state index in [0.29, 0.717) is 0 Å². The Morgan fingerprint density at radius 3 is 2.88 bits per heavy atom. The quantitative estimate of drug-likeness (QED) is 0.824. The standard InChI is InChI=1S/C15H20N2/c1-15(2,13-5-6-13)17-10-11-3-4-12-7-8-16-14(12)9-11/h3-4,7-9,13,16-17H,5-6,10H2,1-2H3. The summed E-state index contributed by atoms with van der Waals surface area (Å²) in [7, 11) is 0. The second-order valence-corrected chi connectivity index (χ2v) is 5.75. The van der Waals surface area contributed by atoms with E-state index in [1.54, 1.807) is 0 Å². The van der Waals surface area contributed by atoms with Gasteiger partial charge in [-0.05, 0) is 55.7 Å². The molecule has 1 aliphatic rings. The third kappa shape index (κ3) is 2.22. The second kappa shape index (κ2) is 3.88. The lowest BCUT2D eigenvalue weighted by Crippen LogP contribution is -2.40. The molecule has 1 aliphatic carbocycles. The zero-order chi connectivity index (χ0) is 11.9. The third-order valence-electron chi connectivity index (χ3n) is 3.97. The van der Waals surface area contributed by atoms with Crippen molar-refractivity contribution in [3.63, 3.8) is 0 Å². The first-order valence-corrected chi connectivity index (χ1v) is 6.46. The van der Waals surface area contributed by atoms with Gasteiger partial charge < -0.3 is 10.3 Å². The van der Waals surface area contributed by atoms with Crippen LogP contribution in [0.15, 0.2) is 30.5 Å². The van der Waals surface area contributed by atoms with E-state index in [1.165, 1.54) is 29.3 Å². The Morgan fingerprint density at radius 2 is 2.12 bits per heavy atom. The number of rotatable bonds is 4. The summed E-state index contributed by atoms with van der Waals surface area (Å²) in [5.74, 6) is 0.872. The fourth-order valence-electron chi connectivity index (χ4n) is 2.48. The molecule has 0 bridgehead atoms. The van der Waals surface area contributed by atoms with Crippen LogP contribution < -0.4 is 5.32 Å². The molecule has 2 nitrogen and oxygen atoms in total. The lowest BCUT2D eigenvalue weighted by molar-refractivity contribution is 0.339. The molecule has 1 aromatic heterocycles. The van der Waals surface area contributed by atoms with Crippen LogP contribution in [-0.2, 0) is 6.54 Å². The van der Waals surface area contributed by atoms with Crippen molar-refractivity contribution >= 4 is 10.9 Å². The molecule has 0 unspecified atom stereocenters. The van der Waals surface area contributed by atoms with Crippen LogP contribution in [0.5, 0.6) is 0 Å². The highest BCUT2D eigenvalue weighted by Crippen LogP contribution is 2.39. The van der Waals surface area contributed by atoms with E-state index in [0.717, 1.165) is 12.5 Å². The van der Waals surface area contributed by atoms with Crippen LogP contribution in [0.1, 0.15) is 32.3 Å². The first-order valence-electron chi connectivity index (χ1n) is 6.46. The summed E-state index contributed by atoms with van der Waals surface area (Å²) in [5.41, 5.74) is 2.87. The normalized spacial score (nSPS) is 16.6. The van der Waals surface area contributed by atoms with Crippen molar-refractivity contribution in [1.82, 2.24) is 10.3 Å². The van der Waals surface area contributed by atoms with Crippen LogP contribution in [0.2, 0.25) is 0 Å². The number of nitrogens with one attached hydrogen (secondary N) is 2. The minimum Gasteiger partial charge on any atom is -0.361 e. The molecule has 1 aromatic carbocycles. The van der Waals surface area contributed by atoms with E-state index < -0.39 is 0 Å². The average Bonchev–Trinajstić information content (AvgIpc) is 3.07. The fourth-order valence-corrected chi connectivity index (χ4v) is 2.48. The molecule has 0 radical (unpaired) electrons. The van der Waals surface area contributed by atoms with Crippen LogP contribution in [0.25, 0.3) is 10.9 Å². The van der Waals surface area contributed by atoms with E-state index in [9.17, 15) is 0 Å². The van der Waals surface area contributed by atoms with E-state index in [-0.39, 0.29) is 5.54 Å². The van der Waals surface area contributed by atoms with Gasteiger partial charge in [-0.2, -0.15) is 0 Å². The molecule has 2 heteroatoms. The summed E-state index contributed by atoms with van der Waals surface area (Å²) in [6.07, 6.45) is 4.77. The zero-order valence-corrected chi connectivity index (χ0v) is 10.6. The molecule has 0 amide bonds. The highest BCUT2D eigenvalue weighted by molar-refractivity contribution is 5.79. The maximum absolute atomic E-state index is 3.68. The molecule has 0 atom stereocenters. The summed E-state index contributed by atoms with van der Waals surface area (Å²) in [6, 6.07) is 8.76. The van der Waals surface area contributed by atoms with Crippen LogP contribution in [0, 0.1) is 5.92 Å². The molecule has 1 fully saturated rings. The van der Waals surface area contributed by atoms with E-state index in [1.807, 2.05) is 6.20 Å². The summed E-state index contributed by atoms with van der Waals surface area (Å²) in [5, 5.41) is 4.97. The number of hydrogen-bond acceptors (Lipinski definition) is 1. The number of benzene rings is 1. The largest absolute Gasteiger partial charge is 0.361 e. The van der Waals surface area contributed by atoms with Crippen molar-refractivity contribution in [3.05, 3.63) is 36.0 Å². The fraction of sp³-hybridized carbons (Fsp3) is 0.467. The van der Waals surface area contributed by atoms with Crippen molar-refractivity contribution in [2.24, 2.45) is 5.92 Å². The number of aromatic amines is 1. The Morgan fingerprint density at radius 1 is 1.29 bits per heavy atom. The molecule has 3 rings (SSSR count). The number of hydrogen-bond donors (Lipinski definition) is 2. The second-order valence-electron chi connectivity index (χ2n) is 5.75. The summed E-state index contributed by atoms with van der Waals surface area (Å²) < 4.78 is 0. The minimum atomic E-state index is 0.282. The van der Waals surface area contributed by atoms with Gasteiger partial charge in [0.25, 0.3) is 0 Å². The van der Waals surface area contributed by atoms with Crippen LogP contribution in [0.3, 0.4) is 0 Å². The predicted octanol–water partition coefficient (Wildman–Crippen LogP) is 3.45. The van der Waals surface area contributed by atoms with Gasteiger partial charge in [0.2, 0.25) is 0 Å². The van der Waals surface area contributed by atoms with Gasteiger partial charge in [-0.3, -0.25) is 0 Å². The maximum Gasteiger partial charge on any atom is 0.0457 e. The molecule has 17 heavy (non-hydrogen) atoms. The van der Waals surface area contributed by atoms with Gasteiger partial charge in [-0.1, -0.05) is 12.1 Å². The molecule has 90 valence electrons. The molecule has 0 saturated heterocycles. The van der Waals surface area contributed by atoms with Gasteiger partial charge in [0.15, 0.2) is 0 Å². The molecule has 2 aromatic rings. The maximum atomic E-state index is 3.68. The highest BCUT2D eigenvalue weighted by Gasteiger charge is 2.36. The van der Waals surface area contributed by atoms with Crippen LogP contribution >= 0.6 is 0 Å². The zero-order valence-electron chi connectivity index (χ0n) is 10.6. The summed E-state index contributed by atoms with van der Waals surface area (Å²) in [4.78, 5) is 3.26. The van der Waals surface area contributed by atoms with Crippen molar-refractivity contribution < 1.29 is 0 Å². The Kier molecular flexibility index (Phi) is 2.48. The van der Waals surface area contributed by atoms with E-state index in [4.69, 9.17) is 0 Å². The van der Waals surface area contributed by atoms with Gasteiger partial charge in [-0.15, -0.1) is 0 Å². The molecular formula is C15H20N2. The molecule has 0 spiro atoms. The predicted molar refractivity (Wildman–Crippen MR) is 71.9 cm³/mol. The van der Waals surface area contributed by atoms with Crippen molar-refractivity contribution in [3.8, 4) is 0 Å². The highest BCUT2D eigenvalue weighted by atomic mass is 15.0. The average molecular weight is 228 g/mol. The Hall–Kier alpha value is -1.28. The molecule has 1 saturated carbocycles. The molecule has 1 heterocycles. The monoisotopic (exact) mass is 228 g/mol. The van der Waals surface area contributed by atoms with Crippen molar-refractivity contribution in [2.45, 2.75) is 38.8 Å².